The number of nitrogens with zero attached hydrogens (tertiary/aromatic N) is 2. The van der Waals surface area contributed by atoms with Crippen molar-refractivity contribution in [3.63, 3.8) is 0 Å². The van der Waals surface area contributed by atoms with Gasteiger partial charge in [-0.3, -0.25) is 5.41 Å². The van der Waals surface area contributed by atoms with Crippen LogP contribution in [0.3, 0.4) is 0 Å². The number of aliphatic hydroxyl groups is 1. The zero-order valence-electron chi connectivity index (χ0n) is 13.4. The molecule has 1 unspecified atom stereocenters. The van der Waals surface area contributed by atoms with Gasteiger partial charge in [0, 0.05) is 24.1 Å². The van der Waals surface area contributed by atoms with Crippen LogP contribution in [0.5, 0.6) is 17.4 Å². The van der Waals surface area contributed by atoms with Gasteiger partial charge in [-0.2, -0.15) is 0 Å². The maximum atomic E-state index is 9.79. The van der Waals surface area contributed by atoms with Crippen LogP contribution in [0.15, 0.2) is 54.9 Å². The van der Waals surface area contributed by atoms with Crippen LogP contribution in [0.25, 0.3) is 0 Å². The third-order valence-corrected chi connectivity index (χ3v) is 4.36. The Balaban J connectivity index is 1.99. The lowest BCUT2D eigenvalue weighted by Gasteiger charge is -2.28. The van der Waals surface area contributed by atoms with Crippen LogP contribution in [0.1, 0.15) is 22.6 Å². The summed E-state index contributed by atoms with van der Waals surface area (Å²) < 4.78 is 7.46. The predicted molar refractivity (Wildman–Crippen MR) is 90.7 cm³/mol. The van der Waals surface area contributed by atoms with Crippen molar-refractivity contribution in [2.75, 3.05) is 6.61 Å². The average molecular weight is 335 g/mol. The van der Waals surface area contributed by atoms with Gasteiger partial charge in [0.25, 0.3) is 0 Å². The zero-order valence-corrected chi connectivity index (χ0v) is 13.4. The molecule has 0 saturated heterocycles. The maximum Gasteiger partial charge on any atom is 0.228 e. The standard InChI is InChI=1S/C19H17N3O3/c20-18-17-16(12-4-2-1-3-5-12)14-7-6-13(24)10-15(14)25-19(17)21-11-22(18)8-9-23/h1-7,10-11,16,20,23-24H,8-9H2. The molecule has 25 heavy (non-hydrogen) atoms. The van der Waals surface area contributed by atoms with Crippen molar-refractivity contribution in [2.45, 2.75) is 12.5 Å². The Morgan fingerprint density at radius 3 is 2.72 bits per heavy atom. The minimum atomic E-state index is -0.230. The second-order valence-corrected chi connectivity index (χ2v) is 5.90. The van der Waals surface area contributed by atoms with E-state index in [9.17, 15) is 10.2 Å². The number of aromatic nitrogens is 2. The van der Waals surface area contributed by atoms with Gasteiger partial charge in [0.2, 0.25) is 5.88 Å². The first-order valence-electron chi connectivity index (χ1n) is 7.99. The molecule has 0 saturated carbocycles. The molecule has 3 aromatic rings. The Bertz CT molecular complexity index is 983. The molecular formula is C19H17N3O3. The Hall–Kier alpha value is -3.12. The second kappa shape index (κ2) is 6.07. The van der Waals surface area contributed by atoms with E-state index in [-0.39, 0.29) is 23.8 Å². The summed E-state index contributed by atoms with van der Waals surface area (Å²) in [4.78, 5) is 4.33. The first-order valence-corrected chi connectivity index (χ1v) is 7.99. The molecule has 4 rings (SSSR count). The van der Waals surface area contributed by atoms with Crippen LogP contribution in [-0.4, -0.2) is 26.4 Å². The molecule has 1 aliphatic rings. The van der Waals surface area contributed by atoms with Crippen LogP contribution in [0.2, 0.25) is 0 Å². The molecule has 0 aliphatic carbocycles. The zero-order chi connectivity index (χ0) is 17.4. The van der Waals surface area contributed by atoms with Crippen molar-refractivity contribution in [3.05, 3.63) is 77.0 Å². The van der Waals surface area contributed by atoms with Gasteiger partial charge in [-0.05, 0) is 11.6 Å². The Kier molecular flexibility index (Phi) is 3.74. The predicted octanol–water partition coefficient (Wildman–Crippen LogP) is 2.35. The number of aliphatic hydroxyl groups excluding tert-OH is 1. The molecule has 1 aromatic heterocycles. The normalized spacial score (nSPS) is 15.2. The summed E-state index contributed by atoms with van der Waals surface area (Å²) >= 11 is 0. The third kappa shape index (κ3) is 2.56. The molecule has 126 valence electrons. The molecule has 0 radical (unpaired) electrons. The number of phenolic OH excluding ortho intramolecular Hbond substituents is 1. The van der Waals surface area contributed by atoms with E-state index < -0.39 is 0 Å². The van der Waals surface area contributed by atoms with E-state index in [1.165, 1.54) is 6.33 Å². The summed E-state index contributed by atoms with van der Waals surface area (Å²) in [6, 6.07) is 14.8. The van der Waals surface area contributed by atoms with E-state index in [2.05, 4.69) is 4.98 Å². The lowest BCUT2D eigenvalue weighted by molar-refractivity contribution is 0.271. The summed E-state index contributed by atoms with van der Waals surface area (Å²) in [5, 5.41) is 27.6. The molecule has 0 amide bonds. The van der Waals surface area contributed by atoms with E-state index in [4.69, 9.17) is 10.1 Å². The first-order chi connectivity index (χ1) is 12.2. The van der Waals surface area contributed by atoms with Gasteiger partial charge in [0.15, 0.2) is 0 Å². The highest BCUT2D eigenvalue weighted by Gasteiger charge is 2.32. The number of aromatic hydroxyl groups is 1. The first kappa shape index (κ1) is 15.4. The Labute approximate surface area is 144 Å². The number of nitrogens with one attached hydrogen (secondary N) is 1. The van der Waals surface area contributed by atoms with Crippen molar-refractivity contribution in [3.8, 4) is 17.4 Å². The summed E-state index contributed by atoms with van der Waals surface area (Å²) in [5.41, 5.74) is 2.79. The highest BCUT2D eigenvalue weighted by Crippen LogP contribution is 2.45. The van der Waals surface area contributed by atoms with Crippen LogP contribution < -0.4 is 10.2 Å². The minimum absolute atomic E-state index is 0.0711. The molecule has 3 N–H and O–H groups in total. The maximum absolute atomic E-state index is 9.79. The average Bonchev–Trinajstić information content (AvgIpc) is 2.63. The molecule has 0 bridgehead atoms. The van der Waals surface area contributed by atoms with Crippen molar-refractivity contribution in [1.82, 2.24) is 9.55 Å². The van der Waals surface area contributed by atoms with Crippen molar-refractivity contribution in [1.29, 1.82) is 5.41 Å². The minimum Gasteiger partial charge on any atom is -0.508 e. The number of benzene rings is 2. The van der Waals surface area contributed by atoms with Crippen molar-refractivity contribution in [2.24, 2.45) is 0 Å². The van der Waals surface area contributed by atoms with Gasteiger partial charge in [-0.1, -0.05) is 36.4 Å². The fourth-order valence-corrected chi connectivity index (χ4v) is 3.23. The Morgan fingerprint density at radius 1 is 1.16 bits per heavy atom. The van der Waals surface area contributed by atoms with Gasteiger partial charge >= 0.3 is 0 Å². The fourth-order valence-electron chi connectivity index (χ4n) is 3.23. The molecule has 6 heteroatoms. The highest BCUT2D eigenvalue weighted by atomic mass is 16.5. The van der Waals surface area contributed by atoms with Crippen LogP contribution >= 0.6 is 0 Å². The fraction of sp³-hybridized carbons (Fsp3) is 0.158. The number of hydrogen-bond donors (Lipinski definition) is 3. The summed E-state index contributed by atoms with van der Waals surface area (Å²) in [7, 11) is 0. The quantitative estimate of drug-likeness (QED) is 0.536. The largest absolute Gasteiger partial charge is 0.508 e. The number of hydrogen-bond acceptors (Lipinski definition) is 5. The van der Waals surface area contributed by atoms with Gasteiger partial charge in [-0.15, -0.1) is 0 Å². The second-order valence-electron chi connectivity index (χ2n) is 5.90. The van der Waals surface area contributed by atoms with Gasteiger partial charge in [0.05, 0.1) is 12.2 Å². The monoisotopic (exact) mass is 335 g/mol. The SMILES string of the molecule is N=c1c2c(ncn1CCO)Oc1cc(O)ccc1C2c1ccccc1. The topological polar surface area (TPSA) is 91.4 Å². The van der Waals surface area contributed by atoms with Crippen molar-refractivity contribution < 1.29 is 14.9 Å². The number of fused-ring (bicyclic) bond motifs is 2. The van der Waals surface area contributed by atoms with Gasteiger partial charge in [0.1, 0.15) is 23.3 Å². The van der Waals surface area contributed by atoms with Crippen LogP contribution in [0, 0.1) is 5.41 Å². The molecule has 1 atom stereocenters. The van der Waals surface area contributed by atoms with Crippen LogP contribution in [-0.2, 0) is 6.54 Å². The van der Waals surface area contributed by atoms with E-state index in [1.54, 1.807) is 16.7 Å². The van der Waals surface area contributed by atoms with E-state index >= 15 is 0 Å². The number of rotatable bonds is 3. The molecular weight excluding hydrogens is 318 g/mol. The molecule has 0 spiro atoms. The molecule has 0 fully saturated rings. The Morgan fingerprint density at radius 2 is 1.96 bits per heavy atom. The highest BCUT2D eigenvalue weighted by molar-refractivity contribution is 5.57. The summed E-state index contributed by atoms with van der Waals surface area (Å²) in [6.07, 6.45) is 1.49. The third-order valence-electron chi connectivity index (χ3n) is 4.36. The van der Waals surface area contributed by atoms with Crippen LogP contribution in [0.4, 0.5) is 0 Å². The number of ether oxygens (including phenoxy) is 1. The smallest absolute Gasteiger partial charge is 0.228 e. The lowest BCUT2D eigenvalue weighted by Crippen LogP contribution is -2.30. The molecule has 1 aliphatic heterocycles. The molecule has 2 aromatic carbocycles. The lowest BCUT2D eigenvalue weighted by atomic mass is 9.84. The number of phenols is 1. The van der Waals surface area contributed by atoms with Gasteiger partial charge in [-0.25, -0.2) is 4.98 Å². The molecule has 2 heterocycles. The summed E-state index contributed by atoms with van der Waals surface area (Å²) in [6.45, 7) is 0.224. The summed E-state index contributed by atoms with van der Waals surface area (Å²) in [5.74, 6) is 0.775. The molecule has 6 nitrogen and oxygen atoms in total. The van der Waals surface area contributed by atoms with Gasteiger partial charge < -0.3 is 19.5 Å². The van der Waals surface area contributed by atoms with E-state index in [0.717, 1.165) is 11.1 Å². The van der Waals surface area contributed by atoms with E-state index in [0.29, 0.717) is 23.7 Å². The van der Waals surface area contributed by atoms with Crippen molar-refractivity contribution >= 4 is 0 Å². The van der Waals surface area contributed by atoms with E-state index in [1.807, 2.05) is 36.4 Å².